The van der Waals surface area contributed by atoms with Gasteiger partial charge in [-0.25, -0.2) is 9.79 Å². The molecule has 0 N–H and O–H groups in total. The lowest BCUT2D eigenvalue weighted by molar-refractivity contribution is -0.132. The predicted molar refractivity (Wildman–Crippen MR) is 117 cm³/mol. The van der Waals surface area contributed by atoms with E-state index < -0.39 is 11.9 Å². The van der Waals surface area contributed by atoms with Gasteiger partial charge in [-0.2, -0.15) is 0 Å². The minimum atomic E-state index is -0.549. The van der Waals surface area contributed by atoms with Gasteiger partial charge in [0.25, 0.3) is 0 Å². The van der Waals surface area contributed by atoms with Crippen LogP contribution in [0.25, 0.3) is 17.2 Å². The summed E-state index contributed by atoms with van der Waals surface area (Å²) in [6.07, 6.45) is 1.57. The zero-order valence-electron chi connectivity index (χ0n) is 17.0. The van der Waals surface area contributed by atoms with E-state index in [9.17, 15) is 9.59 Å². The molecule has 1 aliphatic rings. The van der Waals surface area contributed by atoms with Gasteiger partial charge in [-0.05, 0) is 47.0 Å². The Morgan fingerprint density at radius 1 is 0.903 bits per heavy atom. The Labute approximate surface area is 179 Å². The normalized spacial score (nSPS) is 14.2. The zero-order valence-corrected chi connectivity index (χ0v) is 17.0. The van der Waals surface area contributed by atoms with Gasteiger partial charge in [0, 0.05) is 12.5 Å². The highest BCUT2D eigenvalue weighted by Gasteiger charge is 2.24. The molecule has 0 saturated carbocycles. The van der Waals surface area contributed by atoms with Gasteiger partial charge < -0.3 is 14.2 Å². The molecule has 0 atom stereocenters. The van der Waals surface area contributed by atoms with E-state index in [4.69, 9.17) is 14.2 Å². The third-order valence-corrected chi connectivity index (χ3v) is 4.60. The Bertz CT molecular complexity index is 1190. The first kappa shape index (κ1) is 20.1. The molecule has 3 aromatic carbocycles. The van der Waals surface area contributed by atoms with Crippen LogP contribution in [0.5, 0.6) is 11.5 Å². The van der Waals surface area contributed by atoms with Crippen molar-refractivity contribution >= 4 is 23.9 Å². The van der Waals surface area contributed by atoms with E-state index in [-0.39, 0.29) is 17.3 Å². The highest BCUT2D eigenvalue weighted by Crippen LogP contribution is 2.30. The van der Waals surface area contributed by atoms with Crippen LogP contribution in [0, 0.1) is 0 Å². The summed E-state index contributed by atoms with van der Waals surface area (Å²) >= 11 is 0. The summed E-state index contributed by atoms with van der Waals surface area (Å²) < 4.78 is 15.7. The molecule has 0 saturated heterocycles. The van der Waals surface area contributed by atoms with Crippen molar-refractivity contribution in [3.63, 3.8) is 0 Å². The largest absolute Gasteiger partial charge is 0.493 e. The van der Waals surface area contributed by atoms with Gasteiger partial charge in [-0.1, -0.05) is 48.5 Å². The summed E-state index contributed by atoms with van der Waals surface area (Å²) in [5, 5.41) is 0. The number of benzene rings is 3. The summed E-state index contributed by atoms with van der Waals surface area (Å²) in [5.41, 5.74) is 3.63. The van der Waals surface area contributed by atoms with Crippen molar-refractivity contribution in [1.29, 1.82) is 0 Å². The van der Waals surface area contributed by atoms with Crippen LogP contribution in [0.1, 0.15) is 18.1 Å². The number of methoxy groups -OCH3 is 1. The molecule has 0 bridgehead atoms. The van der Waals surface area contributed by atoms with Crippen molar-refractivity contribution in [2.24, 2.45) is 4.99 Å². The second kappa shape index (κ2) is 8.67. The topological polar surface area (TPSA) is 74.2 Å². The lowest BCUT2D eigenvalue weighted by atomic mass is 10.0. The molecule has 0 radical (unpaired) electrons. The van der Waals surface area contributed by atoms with E-state index in [2.05, 4.69) is 4.99 Å². The maximum atomic E-state index is 12.3. The van der Waals surface area contributed by atoms with Crippen molar-refractivity contribution in [2.75, 3.05) is 7.11 Å². The van der Waals surface area contributed by atoms with Gasteiger partial charge in [0.2, 0.25) is 5.90 Å². The quantitative estimate of drug-likeness (QED) is 0.346. The smallest absolute Gasteiger partial charge is 0.363 e. The molecule has 6 heteroatoms. The molecule has 1 heterocycles. The minimum absolute atomic E-state index is 0.154. The lowest BCUT2D eigenvalue weighted by Crippen LogP contribution is -2.05. The second-order valence-electron chi connectivity index (χ2n) is 6.78. The lowest BCUT2D eigenvalue weighted by Gasteiger charge is -2.08. The Morgan fingerprint density at radius 2 is 1.58 bits per heavy atom. The summed E-state index contributed by atoms with van der Waals surface area (Å²) in [7, 11) is 1.48. The van der Waals surface area contributed by atoms with Crippen molar-refractivity contribution in [3.8, 4) is 22.6 Å². The number of rotatable bonds is 5. The van der Waals surface area contributed by atoms with Crippen LogP contribution in [0.4, 0.5) is 0 Å². The standard InChI is InChI=1S/C25H19NO5/c1-16(27)30-23-15-17(8-13-22(23)29-2)14-21-25(28)31-24(26-21)20-11-9-19(10-12-20)18-6-4-3-5-7-18/h3-15H,1-2H3. The Kier molecular flexibility index (Phi) is 5.62. The average molecular weight is 413 g/mol. The fourth-order valence-corrected chi connectivity index (χ4v) is 3.14. The number of hydrogen-bond acceptors (Lipinski definition) is 6. The number of carbonyl (C=O) groups excluding carboxylic acids is 2. The third-order valence-electron chi connectivity index (χ3n) is 4.60. The summed E-state index contributed by atoms with van der Waals surface area (Å²) in [6, 6.07) is 22.6. The van der Waals surface area contributed by atoms with Gasteiger partial charge >= 0.3 is 11.9 Å². The molecular weight excluding hydrogens is 394 g/mol. The molecule has 154 valence electrons. The Balaban J connectivity index is 1.60. The highest BCUT2D eigenvalue weighted by molar-refractivity contribution is 6.13. The van der Waals surface area contributed by atoms with Crippen LogP contribution in [0.3, 0.4) is 0 Å². The predicted octanol–water partition coefficient (Wildman–Crippen LogP) is 4.63. The molecule has 0 spiro atoms. The second-order valence-corrected chi connectivity index (χ2v) is 6.78. The maximum absolute atomic E-state index is 12.3. The molecule has 1 aliphatic heterocycles. The van der Waals surface area contributed by atoms with E-state index >= 15 is 0 Å². The number of carbonyl (C=O) groups is 2. The summed E-state index contributed by atoms with van der Waals surface area (Å²) in [4.78, 5) is 28.0. The van der Waals surface area contributed by atoms with Crippen molar-refractivity contribution in [3.05, 3.63) is 89.6 Å². The third kappa shape index (κ3) is 4.53. The molecule has 3 aromatic rings. The molecule has 0 amide bonds. The van der Waals surface area contributed by atoms with Crippen molar-refractivity contribution in [2.45, 2.75) is 6.92 Å². The summed E-state index contributed by atoms with van der Waals surface area (Å²) in [5.74, 6) is -0.107. The van der Waals surface area contributed by atoms with E-state index in [1.165, 1.54) is 14.0 Å². The highest BCUT2D eigenvalue weighted by atomic mass is 16.6. The van der Waals surface area contributed by atoms with Gasteiger partial charge in [0.1, 0.15) is 0 Å². The van der Waals surface area contributed by atoms with E-state index in [0.29, 0.717) is 16.9 Å². The monoisotopic (exact) mass is 413 g/mol. The Morgan fingerprint density at radius 3 is 2.26 bits per heavy atom. The van der Waals surface area contributed by atoms with Crippen LogP contribution in [-0.4, -0.2) is 24.9 Å². The van der Waals surface area contributed by atoms with Gasteiger partial charge in [-0.3, -0.25) is 4.79 Å². The molecule has 4 rings (SSSR count). The zero-order chi connectivity index (χ0) is 21.8. The van der Waals surface area contributed by atoms with Gasteiger partial charge in [-0.15, -0.1) is 0 Å². The number of nitrogens with zero attached hydrogens (tertiary/aromatic N) is 1. The molecule has 0 fully saturated rings. The first-order valence-electron chi connectivity index (χ1n) is 9.58. The van der Waals surface area contributed by atoms with Crippen molar-refractivity contribution < 1.29 is 23.8 Å². The number of cyclic esters (lactones) is 1. The van der Waals surface area contributed by atoms with Crippen LogP contribution >= 0.6 is 0 Å². The molecule has 6 nitrogen and oxygen atoms in total. The number of esters is 2. The maximum Gasteiger partial charge on any atom is 0.363 e. The van der Waals surface area contributed by atoms with Crippen LogP contribution in [0.2, 0.25) is 0 Å². The molecule has 0 unspecified atom stereocenters. The first-order valence-corrected chi connectivity index (χ1v) is 9.58. The van der Waals surface area contributed by atoms with E-state index in [1.54, 1.807) is 24.3 Å². The summed E-state index contributed by atoms with van der Waals surface area (Å²) in [6.45, 7) is 1.30. The van der Waals surface area contributed by atoms with Crippen LogP contribution in [-0.2, 0) is 14.3 Å². The number of ether oxygens (including phenoxy) is 3. The minimum Gasteiger partial charge on any atom is -0.493 e. The van der Waals surface area contributed by atoms with Gasteiger partial charge in [0.15, 0.2) is 17.2 Å². The SMILES string of the molecule is COc1ccc(C=C2N=C(c3ccc(-c4ccccc4)cc3)OC2=O)cc1OC(C)=O. The average Bonchev–Trinajstić information content (AvgIpc) is 3.14. The van der Waals surface area contributed by atoms with Crippen molar-refractivity contribution in [1.82, 2.24) is 0 Å². The number of aliphatic imine (C=N–C) groups is 1. The molecule has 31 heavy (non-hydrogen) atoms. The van der Waals surface area contributed by atoms with E-state index in [0.717, 1.165) is 11.1 Å². The fraction of sp³-hybridized carbons (Fsp3) is 0.0800. The fourth-order valence-electron chi connectivity index (χ4n) is 3.14. The van der Waals surface area contributed by atoms with Crippen LogP contribution in [0.15, 0.2) is 83.5 Å². The van der Waals surface area contributed by atoms with Crippen LogP contribution < -0.4 is 9.47 Å². The molecular formula is C25H19NO5. The van der Waals surface area contributed by atoms with E-state index in [1.807, 2.05) is 54.6 Å². The number of hydrogen-bond donors (Lipinski definition) is 0. The van der Waals surface area contributed by atoms with Gasteiger partial charge in [0.05, 0.1) is 7.11 Å². The molecule has 0 aromatic heterocycles. The molecule has 0 aliphatic carbocycles. The first-order chi connectivity index (χ1) is 15.0. The Hall–Kier alpha value is -4.19.